The number of alkyl halides is 1. The van der Waals surface area contributed by atoms with Crippen molar-refractivity contribution >= 4 is 0 Å². The van der Waals surface area contributed by atoms with Gasteiger partial charge in [0.2, 0.25) is 0 Å². The highest BCUT2D eigenvalue weighted by Gasteiger charge is 1.93. The zero-order valence-corrected chi connectivity index (χ0v) is 8.35. The number of hydrogen-bond donors (Lipinski definition) is 1. The molecule has 2 N–H and O–H groups in total. The summed E-state index contributed by atoms with van der Waals surface area (Å²) in [5.74, 6) is 0.350. The van der Waals surface area contributed by atoms with Gasteiger partial charge in [-0.05, 0) is 25.5 Å². The average Bonchev–Trinajstić information content (AvgIpc) is 2.17. The van der Waals surface area contributed by atoms with E-state index in [0.717, 1.165) is 12.8 Å². The van der Waals surface area contributed by atoms with Crippen LogP contribution in [0.15, 0.2) is 23.5 Å². The van der Waals surface area contributed by atoms with Crippen LogP contribution in [0.25, 0.3) is 0 Å². The van der Waals surface area contributed by atoms with Gasteiger partial charge in [-0.15, -0.1) is 0 Å². The third kappa shape index (κ3) is 5.42. The quantitative estimate of drug-likeness (QED) is 0.511. The number of halogens is 1. The van der Waals surface area contributed by atoms with Gasteiger partial charge in [-0.3, -0.25) is 0 Å². The molecule has 0 aliphatic heterocycles. The van der Waals surface area contributed by atoms with Gasteiger partial charge in [-0.1, -0.05) is 18.6 Å². The summed E-state index contributed by atoms with van der Waals surface area (Å²) in [4.78, 5) is 0. The minimum atomic E-state index is -0.563. The Labute approximate surface area is 79.3 Å². The van der Waals surface area contributed by atoms with Gasteiger partial charge >= 0.3 is 0 Å². The lowest BCUT2D eigenvalue weighted by atomic mass is 10.1. The maximum Gasteiger partial charge on any atom is 0.146 e. The Morgan fingerprint density at radius 1 is 1.46 bits per heavy atom. The van der Waals surface area contributed by atoms with Gasteiger partial charge in [-0.2, -0.15) is 0 Å². The topological polar surface area (TPSA) is 35.2 Å². The molecule has 0 saturated carbocycles. The van der Waals surface area contributed by atoms with E-state index in [1.54, 1.807) is 6.08 Å². The molecular formula is C10H18FNO. The van der Waals surface area contributed by atoms with Crippen molar-refractivity contribution in [2.75, 3.05) is 20.3 Å². The lowest BCUT2D eigenvalue weighted by Crippen LogP contribution is -1.99. The van der Waals surface area contributed by atoms with Crippen LogP contribution in [0.2, 0.25) is 0 Å². The number of rotatable bonds is 6. The summed E-state index contributed by atoms with van der Waals surface area (Å²) in [5.41, 5.74) is 6.62. The first kappa shape index (κ1) is 12.2. The number of allylic oxidation sites excluding steroid dienone is 3. The standard InChI is InChI=1S/C10H18FNO/c1-3-9(6-7-12)4-5-10(8-11)13-2/h4-5H,3,6-8,12H2,1-2H3/b9-4-,10-5+. The Balaban J connectivity index is 4.23. The highest BCUT2D eigenvalue weighted by molar-refractivity contribution is 5.15. The molecule has 0 aliphatic rings. The predicted octanol–water partition coefficient (Wildman–Crippen LogP) is 2.17. The van der Waals surface area contributed by atoms with Crippen molar-refractivity contribution in [3.05, 3.63) is 23.5 Å². The van der Waals surface area contributed by atoms with E-state index < -0.39 is 6.67 Å². The van der Waals surface area contributed by atoms with Crippen LogP contribution in [-0.2, 0) is 4.74 Å². The molecule has 0 rings (SSSR count). The molecule has 0 unspecified atom stereocenters. The fourth-order valence-corrected chi connectivity index (χ4v) is 0.941. The minimum absolute atomic E-state index is 0.350. The number of ether oxygens (including phenoxy) is 1. The first-order chi connectivity index (χ1) is 6.28. The highest BCUT2D eigenvalue weighted by atomic mass is 19.1. The van der Waals surface area contributed by atoms with Gasteiger partial charge in [0, 0.05) is 0 Å². The van der Waals surface area contributed by atoms with Crippen LogP contribution in [0.5, 0.6) is 0 Å². The van der Waals surface area contributed by atoms with Crippen LogP contribution in [0.4, 0.5) is 4.39 Å². The van der Waals surface area contributed by atoms with Crippen LogP contribution < -0.4 is 5.73 Å². The summed E-state index contributed by atoms with van der Waals surface area (Å²) in [6, 6.07) is 0. The summed E-state index contributed by atoms with van der Waals surface area (Å²) in [5, 5.41) is 0. The van der Waals surface area contributed by atoms with Crippen LogP contribution in [0.1, 0.15) is 19.8 Å². The third-order valence-corrected chi connectivity index (χ3v) is 1.82. The number of hydrogen-bond acceptors (Lipinski definition) is 2. The average molecular weight is 187 g/mol. The summed E-state index contributed by atoms with van der Waals surface area (Å²) in [7, 11) is 1.47. The van der Waals surface area contributed by atoms with E-state index in [0.29, 0.717) is 12.3 Å². The van der Waals surface area contributed by atoms with E-state index >= 15 is 0 Å². The Bertz CT molecular complexity index is 181. The molecule has 0 bridgehead atoms. The van der Waals surface area contributed by atoms with Crippen molar-refractivity contribution in [3.8, 4) is 0 Å². The molecule has 76 valence electrons. The molecule has 0 atom stereocenters. The van der Waals surface area contributed by atoms with Crippen LogP contribution in [0, 0.1) is 0 Å². The summed E-state index contributed by atoms with van der Waals surface area (Å²) in [6.45, 7) is 2.12. The lowest BCUT2D eigenvalue weighted by Gasteiger charge is -2.01. The predicted molar refractivity (Wildman–Crippen MR) is 53.1 cm³/mol. The second kappa shape index (κ2) is 7.80. The van der Waals surface area contributed by atoms with E-state index in [4.69, 9.17) is 10.5 Å². The molecule has 0 amide bonds. The van der Waals surface area contributed by atoms with Crippen molar-refractivity contribution in [2.24, 2.45) is 5.73 Å². The maximum absolute atomic E-state index is 12.2. The van der Waals surface area contributed by atoms with E-state index in [1.165, 1.54) is 12.7 Å². The van der Waals surface area contributed by atoms with Crippen LogP contribution >= 0.6 is 0 Å². The molecule has 0 spiro atoms. The minimum Gasteiger partial charge on any atom is -0.498 e. The summed E-state index contributed by atoms with van der Waals surface area (Å²) >= 11 is 0. The molecule has 0 aliphatic carbocycles. The largest absolute Gasteiger partial charge is 0.498 e. The number of methoxy groups -OCH3 is 1. The molecule has 0 aromatic heterocycles. The zero-order valence-electron chi connectivity index (χ0n) is 8.35. The molecule has 0 fully saturated rings. The van der Waals surface area contributed by atoms with Gasteiger partial charge < -0.3 is 10.5 Å². The summed E-state index contributed by atoms with van der Waals surface area (Å²) in [6.07, 6.45) is 5.34. The Morgan fingerprint density at radius 3 is 2.54 bits per heavy atom. The van der Waals surface area contributed by atoms with Crippen molar-refractivity contribution in [2.45, 2.75) is 19.8 Å². The molecule has 3 heteroatoms. The molecule has 0 heterocycles. The number of nitrogens with two attached hydrogens (primary N) is 1. The molecule has 0 aromatic rings. The highest BCUT2D eigenvalue weighted by Crippen LogP contribution is 2.07. The van der Waals surface area contributed by atoms with E-state index in [9.17, 15) is 4.39 Å². The van der Waals surface area contributed by atoms with Crippen molar-refractivity contribution in [3.63, 3.8) is 0 Å². The fraction of sp³-hybridized carbons (Fsp3) is 0.600. The Kier molecular flexibility index (Phi) is 7.30. The van der Waals surface area contributed by atoms with Gasteiger partial charge in [-0.25, -0.2) is 4.39 Å². The first-order valence-corrected chi connectivity index (χ1v) is 4.47. The van der Waals surface area contributed by atoms with Gasteiger partial charge in [0.15, 0.2) is 0 Å². The molecular weight excluding hydrogens is 169 g/mol. The molecule has 13 heavy (non-hydrogen) atoms. The normalized spacial score (nSPS) is 13.2. The van der Waals surface area contributed by atoms with Crippen LogP contribution in [0.3, 0.4) is 0 Å². The van der Waals surface area contributed by atoms with E-state index in [2.05, 4.69) is 6.92 Å². The van der Waals surface area contributed by atoms with Crippen molar-refractivity contribution < 1.29 is 9.13 Å². The Morgan fingerprint density at radius 2 is 2.15 bits per heavy atom. The first-order valence-electron chi connectivity index (χ1n) is 4.47. The third-order valence-electron chi connectivity index (χ3n) is 1.82. The SMILES string of the molecule is CC/C(=C/C=C(\CF)OC)CCN. The molecule has 0 radical (unpaired) electrons. The molecule has 0 aromatic carbocycles. The lowest BCUT2D eigenvalue weighted by molar-refractivity contribution is 0.256. The summed E-state index contributed by atoms with van der Waals surface area (Å²) < 4.78 is 16.9. The van der Waals surface area contributed by atoms with Crippen molar-refractivity contribution in [1.29, 1.82) is 0 Å². The zero-order chi connectivity index (χ0) is 10.1. The molecule has 2 nitrogen and oxygen atoms in total. The van der Waals surface area contributed by atoms with Gasteiger partial charge in [0.25, 0.3) is 0 Å². The second-order valence-electron chi connectivity index (χ2n) is 2.69. The van der Waals surface area contributed by atoms with Gasteiger partial charge in [0.05, 0.1) is 7.11 Å². The monoisotopic (exact) mass is 187 g/mol. The fourth-order valence-electron chi connectivity index (χ4n) is 0.941. The van der Waals surface area contributed by atoms with Crippen molar-refractivity contribution in [1.82, 2.24) is 0 Å². The van der Waals surface area contributed by atoms with E-state index in [-0.39, 0.29) is 0 Å². The second-order valence-corrected chi connectivity index (χ2v) is 2.69. The van der Waals surface area contributed by atoms with Gasteiger partial charge in [0.1, 0.15) is 12.4 Å². The molecule has 0 saturated heterocycles. The smallest absolute Gasteiger partial charge is 0.146 e. The maximum atomic E-state index is 12.2. The Hall–Kier alpha value is -0.830. The van der Waals surface area contributed by atoms with E-state index in [1.807, 2.05) is 6.08 Å². The van der Waals surface area contributed by atoms with Crippen LogP contribution in [-0.4, -0.2) is 20.3 Å².